The van der Waals surface area contributed by atoms with Crippen LogP contribution in [-0.2, 0) is 0 Å². The number of ether oxygens (including phenoxy) is 1. The number of hydrogen-bond donors (Lipinski definition) is 1. The molecule has 2 aromatic heterocycles. The van der Waals surface area contributed by atoms with Gasteiger partial charge in [0.2, 0.25) is 0 Å². The first-order chi connectivity index (χ1) is 15.6. The Hall–Kier alpha value is -2.86. The van der Waals surface area contributed by atoms with Crippen LogP contribution in [-0.4, -0.2) is 20.8 Å². The van der Waals surface area contributed by atoms with Gasteiger partial charge in [-0.1, -0.05) is 6.07 Å². The molecule has 1 N–H and O–H groups in total. The third-order valence-electron chi connectivity index (χ3n) is 6.49. The molecule has 5 nitrogen and oxygen atoms in total. The molecule has 3 heterocycles. The van der Waals surface area contributed by atoms with Gasteiger partial charge in [0.15, 0.2) is 5.11 Å². The fourth-order valence-electron chi connectivity index (χ4n) is 4.95. The van der Waals surface area contributed by atoms with E-state index in [0.29, 0.717) is 17.3 Å². The van der Waals surface area contributed by atoms with E-state index in [1.807, 2.05) is 18.3 Å². The zero-order valence-corrected chi connectivity index (χ0v) is 19.5. The first-order valence-electron chi connectivity index (χ1n) is 11.6. The molecule has 0 radical (unpaired) electrons. The molecule has 3 aromatic rings. The van der Waals surface area contributed by atoms with Crippen LogP contribution in [0.15, 0.2) is 67.0 Å². The molecule has 2 atom stereocenters. The third kappa shape index (κ3) is 3.99. The van der Waals surface area contributed by atoms with Gasteiger partial charge in [-0.25, -0.2) is 0 Å². The molecule has 1 aromatic carbocycles. The Kier molecular flexibility index (Phi) is 5.87. The summed E-state index contributed by atoms with van der Waals surface area (Å²) in [6.45, 7) is 4.42. The van der Waals surface area contributed by atoms with Crippen molar-refractivity contribution in [1.82, 2.24) is 14.9 Å². The number of pyridine rings is 1. The lowest BCUT2D eigenvalue weighted by Gasteiger charge is -2.30. The number of hydrogen-bond acceptors (Lipinski definition) is 3. The van der Waals surface area contributed by atoms with Crippen LogP contribution in [0.2, 0.25) is 0 Å². The van der Waals surface area contributed by atoms with Gasteiger partial charge >= 0.3 is 0 Å². The zero-order chi connectivity index (χ0) is 22.1. The number of nitrogens with zero attached hydrogens (tertiary/aromatic N) is 3. The summed E-state index contributed by atoms with van der Waals surface area (Å²) in [6, 6.07) is 19.0. The molecule has 2 fully saturated rings. The first kappa shape index (κ1) is 21.0. The van der Waals surface area contributed by atoms with Gasteiger partial charge in [0.1, 0.15) is 11.8 Å². The Bertz CT molecular complexity index is 1060. The second-order valence-corrected chi connectivity index (χ2v) is 9.34. The van der Waals surface area contributed by atoms with Crippen molar-refractivity contribution in [2.75, 3.05) is 4.90 Å². The van der Waals surface area contributed by atoms with E-state index in [1.165, 1.54) is 18.5 Å². The summed E-state index contributed by atoms with van der Waals surface area (Å²) in [5.74, 6) is 0.933. The number of thiocarbonyl (C=S) groups is 1. The number of anilines is 1. The van der Waals surface area contributed by atoms with E-state index in [2.05, 4.69) is 82.3 Å². The van der Waals surface area contributed by atoms with Gasteiger partial charge in [-0.3, -0.25) is 4.98 Å². The van der Waals surface area contributed by atoms with Crippen LogP contribution in [0.5, 0.6) is 5.75 Å². The molecule has 6 heteroatoms. The first-order valence-corrected chi connectivity index (χ1v) is 12.0. The largest absolute Gasteiger partial charge is 0.490 e. The van der Waals surface area contributed by atoms with Crippen molar-refractivity contribution < 1.29 is 4.74 Å². The second-order valence-electron chi connectivity index (χ2n) is 8.95. The summed E-state index contributed by atoms with van der Waals surface area (Å²) in [5, 5.41) is 4.26. The van der Waals surface area contributed by atoms with E-state index in [0.717, 1.165) is 30.0 Å². The molecule has 2 aliphatic rings. The summed E-state index contributed by atoms with van der Waals surface area (Å²) in [6.07, 6.45) is 9.19. The number of nitrogens with one attached hydrogen (secondary N) is 1. The smallest absolute Gasteiger partial charge is 0.174 e. The molecular formula is C26H30N4OS. The standard InChI is InChI=1S/C26H30N4OS/c1-18(2)29-17-7-11-23(29)25-24(22-10-5-6-16-27-22)28-26(32)30(25)19-12-14-21(15-13-19)31-20-8-3-4-9-20/h5-7,10-18,20,24-25H,3-4,8-9H2,1-2H3,(H,28,32)/t24-,25-/m1/s1. The van der Waals surface area contributed by atoms with Crippen molar-refractivity contribution >= 4 is 23.0 Å². The molecule has 166 valence electrons. The minimum atomic E-state index is -0.0366. The molecule has 0 bridgehead atoms. The topological polar surface area (TPSA) is 42.3 Å². The monoisotopic (exact) mass is 446 g/mol. The molecular weight excluding hydrogens is 416 g/mol. The zero-order valence-electron chi connectivity index (χ0n) is 18.6. The van der Waals surface area contributed by atoms with Crippen LogP contribution in [0.4, 0.5) is 5.69 Å². The fraction of sp³-hybridized carbons (Fsp3) is 0.385. The maximum absolute atomic E-state index is 6.18. The Morgan fingerprint density at radius 1 is 1.03 bits per heavy atom. The average molecular weight is 447 g/mol. The van der Waals surface area contributed by atoms with Crippen LogP contribution >= 0.6 is 12.2 Å². The van der Waals surface area contributed by atoms with Gasteiger partial charge < -0.3 is 19.5 Å². The second kappa shape index (κ2) is 8.94. The predicted molar refractivity (Wildman–Crippen MR) is 132 cm³/mol. The number of benzene rings is 1. The van der Waals surface area contributed by atoms with Crippen molar-refractivity contribution in [2.24, 2.45) is 0 Å². The van der Waals surface area contributed by atoms with E-state index in [-0.39, 0.29) is 12.1 Å². The van der Waals surface area contributed by atoms with E-state index < -0.39 is 0 Å². The highest BCUT2D eigenvalue weighted by Gasteiger charge is 2.42. The van der Waals surface area contributed by atoms with Crippen molar-refractivity contribution in [1.29, 1.82) is 0 Å². The molecule has 5 rings (SSSR count). The third-order valence-corrected chi connectivity index (χ3v) is 6.80. The summed E-state index contributed by atoms with van der Waals surface area (Å²) in [5.41, 5.74) is 3.26. The predicted octanol–water partition coefficient (Wildman–Crippen LogP) is 5.96. The summed E-state index contributed by atoms with van der Waals surface area (Å²) in [4.78, 5) is 6.88. The van der Waals surface area contributed by atoms with Crippen LogP contribution in [0.1, 0.15) is 69.0 Å². The van der Waals surface area contributed by atoms with Crippen LogP contribution < -0.4 is 15.0 Å². The van der Waals surface area contributed by atoms with Gasteiger partial charge in [-0.2, -0.15) is 0 Å². The minimum absolute atomic E-state index is 0.00333. The minimum Gasteiger partial charge on any atom is -0.490 e. The van der Waals surface area contributed by atoms with Crippen molar-refractivity contribution in [3.63, 3.8) is 0 Å². The Morgan fingerprint density at radius 2 is 1.81 bits per heavy atom. The molecule has 32 heavy (non-hydrogen) atoms. The molecule has 1 aliphatic carbocycles. The molecule has 1 aliphatic heterocycles. The van der Waals surface area contributed by atoms with Crippen LogP contribution in [0.3, 0.4) is 0 Å². The van der Waals surface area contributed by atoms with Crippen molar-refractivity contribution in [3.8, 4) is 5.75 Å². The molecule has 0 amide bonds. The quantitative estimate of drug-likeness (QED) is 0.473. The van der Waals surface area contributed by atoms with Gasteiger partial charge in [-0.15, -0.1) is 0 Å². The molecule has 0 spiro atoms. The SMILES string of the molecule is CC(C)n1cccc1[C@@H]1[C@@H](c2ccccn2)NC(=S)N1c1ccc(OC2CCCC2)cc1. The lowest BCUT2D eigenvalue weighted by molar-refractivity contribution is 0.210. The van der Waals surface area contributed by atoms with E-state index in [9.17, 15) is 0 Å². The van der Waals surface area contributed by atoms with Crippen molar-refractivity contribution in [2.45, 2.75) is 63.8 Å². The number of rotatable bonds is 6. The highest BCUT2D eigenvalue weighted by molar-refractivity contribution is 7.80. The molecule has 1 saturated carbocycles. The van der Waals surface area contributed by atoms with Gasteiger partial charge in [0.25, 0.3) is 0 Å². The average Bonchev–Trinajstić information content (AvgIpc) is 3.55. The van der Waals surface area contributed by atoms with Gasteiger partial charge in [-0.05, 0) is 100 Å². The number of aromatic nitrogens is 2. The highest BCUT2D eigenvalue weighted by Crippen LogP contribution is 2.42. The van der Waals surface area contributed by atoms with E-state index in [4.69, 9.17) is 17.0 Å². The van der Waals surface area contributed by atoms with Crippen molar-refractivity contribution in [3.05, 3.63) is 78.4 Å². The maximum Gasteiger partial charge on any atom is 0.174 e. The normalized spacial score (nSPS) is 21.3. The Morgan fingerprint density at radius 3 is 2.50 bits per heavy atom. The maximum atomic E-state index is 6.18. The van der Waals surface area contributed by atoms with Gasteiger partial charge in [0, 0.05) is 29.8 Å². The van der Waals surface area contributed by atoms with Crippen LogP contribution in [0.25, 0.3) is 0 Å². The fourth-order valence-corrected chi connectivity index (χ4v) is 5.29. The van der Waals surface area contributed by atoms with Crippen LogP contribution in [0, 0.1) is 0 Å². The Balaban J connectivity index is 1.50. The summed E-state index contributed by atoms with van der Waals surface area (Å²) < 4.78 is 8.50. The summed E-state index contributed by atoms with van der Waals surface area (Å²) in [7, 11) is 0. The molecule has 1 saturated heterocycles. The van der Waals surface area contributed by atoms with E-state index in [1.54, 1.807) is 0 Å². The lowest BCUT2D eigenvalue weighted by Crippen LogP contribution is -2.30. The van der Waals surface area contributed by atoms with E-state index >= 15 is 0 Å². The summed E-state index contributed by atoms with van der Waals surface area (Å²) >= 11 is 5.85. The highest BCUT2D eigenvalue weighted by atomic mass is 32.1. The molecule has 0 unspecified atom stereocenters. The lowest BCUT2D eigenvalue weighted by atomic mass is 10.0. The Labute approximate surface area is 195 Å². The van der Waals surface area contributed by atoms with Gasteiger partial charge in [0.05, 0.1) is 17.8 Å².